The molecule has 0 saturated carbocycles. The Morgan fingerprint density at radius 1 is 1.35 bits per heavy atom. The summed E-state index contributed by atoms with van der Waals surface area (Å²) in [5.41, 5.74) is 0. The summed E-state index contributed by atoms with van der Waals surface area (Å²) in [5.74, 6) is 1.14. The van der Waals surface area contributed by atoms with Crippen molar-refractivity contribution in [3.8, 4) is 0 Å². The molecular formula is C15H27N3O2. The van der Waals surface area contributed by atoms with Gasteiger partial charge < -0.3 is 15.5 Å². The number of hydrogen-bond donors (Lipinski definition) is 2. The van der Waals surface area contributed by atoms with E-state index in [9.17, 15) is 9.59 Å². The molecule has 2 aliphatic rings. The predicted molar refractivity (Wildman–Crippen MR) is 78.3 cm³/mol. The van der Waals surface area contributed by atoms with Crippen LogP contribution < -0.4 is 10.6 Å². The van der Waals surface area contributed by atoms with Gasteiger partial charge in [-0.25, -0.2) is 0 Å². The second-order valence-corrected chi connectivity index (χ2v) is 5.92. The molecule has 2 rings (SSSR count). The molecule has 2 heterocycles. The highest BCUT2D eigenvalue weighted by Gasteiger charge is 2.19. The van der Waals surface area contributed by atoms with Crippen LogP contribution in [-0.4, -0.2) is 49.4 Å². The monoisotopic (exact) mass is 281 g/mol. The van der Waals surface area contributed by atoms with E-state index in [1.54, 1.807) is 0 Å². The van der Waals surface area contributed by atoms with Crippen molar-refractivity contribution < 1.29 is 9.59 Å². The van der Waals surface area contributed by atoms with Crippen LogP contribution in [0.3, 0.4) is 0 Å². The molecule has 2 aliphatic heterocycles. The van der Waals surface area contributed by atoms with Crippen LogP contribution in [0, 0.1) is 5.92 Å². The standard InChI is InChI=1S/C15H27N3O2/c19-14(5-4-13-6-9-16-10-7-13)17-8-2-12-18-11-1-3-15(18)20/h13,16H,1-12H2,(H,17,19). The van der Waals surface area contributed by atoms with Gasteiger partial charge in [-0.1, -0.05) is 0 Å². The van der Waals surface area contributed by atoms with Gasteiger partial charge in [0.25, 0.3) is 0 Å². The van der Waals surface area contributed by atoms with Gasteiger partial charge in [0.05, 0.1) is 0 Å². The van der Waals surface area contributed by atoms with Crippen LogP contribution in [0.15, 0.2) is 0 Å². The van der Waals surface area contributed by atoms with E-state index < -0.39 is 0 Å². The molecule has 2 saturated heterocycles. The van der Waals surface area contributed by atoms with Gasteiger partial charge in [-0.2, -0.15) is 0 Å². The van der Waals surface area contributed by atoms with E-state index in [0.29, 0.717) is 25.3 Å². The Kier molecular flexibility index (Phi) is 6.30. The minimum absolute atomic E-state index is 0.163. The Bertz CT molecular complexity index is 327. The van der Waals surface area contributed by atoms with E-state index in [4.69, 9.17) is 0 Å². The number of piperidine rings is 1. The highest BCUT2D eigenvalue weighted by Crippen LogP contribution is 2.17. The van der Waals surface area contributed by atoms with Crippen LogP contribution in [0.25, 0.3) is 0 Å². The van der Waals surface area contributed by atoms with E-state index >= 15 is 0 Å². The zero-order valence-electron chi connectivity index (χ0n) is 12.3. The Morgan fingerprint density at radius 3 is 2.85 bits per heavy atom. The van der Waals surface area contributed by atoms with Crippen molar-refractivity contribution >= 4 is 11.8 Å². The molecule has 0 unspecified atom stereocenters. The summed E-state index contributed by atoms with van der Waals surface area (Å²) in [7, 11) is 0. The van der Waals surface area contributed by atoms with Crippen LogP contribution in [0.5, 0.6) is 0 Å². The maximum Gasteiger partial charge on any atom is 0.222 e. The minimum Gasteiger partial charge on any atom is -0.356 e. The van der Waals surface area contributed by atoms with Gasteiger partial charge in [0.1, 0.15) is 0 Å². The van der Waals surface area contributed by atoms with Gasteiger partial charge >= 0.3 is 0 Å². The lowest BCUT2D eigenvalue weighted by molar-refractivity contribution is -0.127. The van der Waals surface area contributed by atoms with Gasteiger partial charge in [0.15, 0.2) is 0 Å². The largest absolute Gasteiger partial charge is 0.356 e. The third-order valence-corrected chi connectivity index (χ3v) is 4.34. The van der Waals surface area contributed by atoms with E-state index in [2.05, 4.69) is 10.6 Å². The first-order valence-corrected chi connectivity index (χ1v) is 8.01. The quantitative estimate of drug-likeness (QED) is 0.682. The average Bonchev–Trinajstić information content (AvgIpc) is 2.88. The zero-order valence-corrected chi connectivity index (χ0v) is 12.3. The molecule has 2 N–H and O–H groups in total. The topological polar surface area (TPSA) is 61.4 Å². The molecule has 0 bridgehead atoms. The predicted octanol–water partition coefficient (Wildman–Crippen LogP) is 0.895. The van der Waals surface area contributed by atoms with Crippen molar-refractivity contribution in [3.63, 3.8) is 0 Å². The smallest absolute Gasteiger partial charge is 0.222 e. The van der Waals surface area contributed by atoms with Gasteiger partial charge in [-0.05, 0) is 51.1 Å². The fourth-order valence-electron chi connectivity index (χ4n) is 3.03. The molecule has 0 aromatic heterocycles. The Morgan fingerprint density at radius 2 is 2.15 bits per heavy atom. The number of likely N-dealkylation sites (tertiary alicyclic amines) is 1. The number of carbonyl (C=O) groups excluding carboxylic acids is 2. The Hall–Kier alpha value is -1.10. The highest BCUT2D eigenvalue weighted by molar-refractivity contribution is 5.78. The summed E-state index contributed by atoms with van der Waals surface area (Å²) in [6.07, 6.45) is 6.61. The molecular weight excluding hydrogens is 254 g/mol. The third kappa shape index (κ3) is 5.12. The molecule has 0 aromatic carbocycles. The first-order valence-electron chi connectivity index (χ1n) is 8.01. The Labute approximate surface area is 121 Å². The molecule has 0 atom stereocenters. The van der Waals surface area contributed by atoms with E-state index in [0.717, 1.165) is 45.4 Å². The number of nitrogens with zero attached hydrogens (tertiary/aromatic N) is 1. The van der Waals surface area contributed by atoms with Gasteiger partial charge in [0, 0.05) is 32.5 Å². The van der Waals surface area contributed by atoms with Crippen LogP contribution in [0.1, 0.15) is 44.9 Å². The van der Waals surface area contributed by atoms with Gasteiger partial charge in [-0.15, -0.1) is 0 Å². The van der Waals surface area contributed by atoms with E-state index in [1.165, 1.54) is 12.8 Å². The maximum atomic E-state index is 11.7. The third-order valence-electron chi connectivity index (χ3n) is 4.34. The summed E-state index contributed by atoms with van der Waals surface area (Å²) < 4.78 is 0. The fourth-order valence-corrected chi connectivity index (χ4v) is 3.03. The molecule has 2 amide bonds. The zero-order chi connectivity index (χ0) is 14.2. The molecule has 5 heteroatoms. The number of carbonyl (C=O) groups is 2. The van der Waals surface area contributed by atoms with Crippen molar-refractivity contribution in [3.05, 3.63) is 0 Å². The number of nitrogens with one attached hydrogen (secondary N) is 2. The second kappa shape index (κ2) is 8.25. The summed E-state index contributed by atoms with van der Waals surface area (Å²) in [6, 6.07) is 0. The summed E-state index contributed by atoms with van der Waals surface area (Å²) in [4.78, 5) is 25.1. The molecule has 2 fully saturated rings. The number of hydrogen-bond acceptors (Lipinski definition) is 3. The first-order chi connectivity index (χ1) is 9.75. The molecule has 0 aliphatic carbocycles. The fraction of sp³-hybridized carbons (Fsp3) is 0.867. The molecule has 0 radical (unpaired) electrons. The van der Waals surface area contributed by atoms with Crippen molar-refractivity contribution in [2.24, 2.45) is 5.92 Å². The van der Waals surface area contributed by atoms with Crippen molar-refractivity contribution in [2.45, 2.75) is 44.9 Å². The van der Waals surface area contributed by atoms with E-state index in [-0.39, 0.29) is 11.8 Å². The van der Waals surface area contributed by atoms with Crippen molar-refractivity contribution in [1.29, 1.82) is 0 Å². The lowest BCUT2D eigenvalue weighted by atomic mass is 9.93. The molecule has 5 nitrogen and oxygen atoms in total. The number of rotatable bonds is 7. The van der Waals surface area contributed by atoms with Crippen molar-refractivity contribution in [2.75, 3.05) is 32.7 Å². The first kappa shape index (κ1) is 15.3. The van der Waals surface area contributed by atoms with Crippen LogP contribution in [0.4, 0.5) is 0 Å². The average molecular weight is 281 g/mol. The van der Waals surface area contributed by atoms with Gasteiger partial charge in [-0.3, -0.25) is 9.59 Å². The summed E-state index contributed by atoms with van der Waals surface area (Å²) in [6.45, 7) is 4.55. The SMILES string of the molecule is O=C(CCC1CCNCC1)NCCCN1CCCC1=O. The molecule has 20 heavy (non-hydrogen) atoms. The second-order valence-electron chi connectivity index (χ2n) is 5.92. The van der Waals surface area contributed by atoms with Crippen LogP contribution in [-0.2, 0) is 9.59 Å². The minimum atomic E-state index is 0.163. The summed E-state index contributed by atoms with van der Waals surface area (Å²) >= 11 is 0. The van der Waals surface area contributed by atoms with Crippen molar-refractivity contribution in [1.82, 2.24) is 15.5 Å². The van der Waals surface area contributed by atoms with E-state index in [1.807, 2.05) is 4.90 Å². The number of amides is 2. The summed E-state index contributed by atoms with van der Waals surface area (Å²) in [5, 5.41) is 6.31. The lowest BCUT2D eigenvalue weighted by Gasteiger charge is -2.22. The normalized spacial score (nSPS) is 20.4. The van der Waals surface area contributed by atoms with Crippen LogP contribution >= 0.6 is 0 Å². The molecule has 0 spiro atoms. The lowest BCUT2D eigenvalue weighted by Crippen LogP contribution is -2.31. The van der Waals surface area contributed by atoms with Crippen LogP contribution in [0.2, 0.25) is 0 Å². The molecule has 114 valence electrons. The molecule has 0 aromatic rings. The Balaban J connectivity index is 1.48. The highest BCUT2D eigenvalue weighted by atomic mass is 16.2. The maximum absolute atomic E-state index is 11.7. The van der Waals surface area contributed by atoms with Gasteiger partial charge in [0.2, 0.25) is 11.8 Å².